The Balaban J connectivity index is 1.68. The number of anilines is 1. The van der Waals surface area contributed by atoms with Gasteiger partial charge in [0.25, 0.3) is 17.7 Å². The van der Waals surface area contributed by atoms with E-state index in [1.54, 1.807) is 6.92 Å². The Morgan fingerprint density at radius 1 is 1.08 bits per heavy atom. The van der Waals surface area contributed by atoms with Gasteiger partial charge >= 0.3 is 0 Å². The van der Waals surface area contributed by atoms with E-state index in [9.17, 15) is 4.79 Å². The molecule has 2 aromatic carbocycles. The summed E-state index contributed by atoms with van der Waals surface area (Å²) in [6.07, 6.45) is -0.698. The Morgan fingerprint density at radius 2 is 1.81 bits per heavy atom. The van der Waals surface area contributed by atoms with Gasteiger partial charge in [0.1, 0.15) is 5.75 Å². The van der Waals surface area contributed by atoms with Crippen molar-refractivity contribution in [2.45, 2.75) is 33.8 Å². The van der Waals surface area contributed by atoms with Crippen molar-refractivity contribution in [1.82, 2.24) is 10.1 Å². The second-order valence-electron chi connectivity index (χ2n) is 6.19. The average molecular weight is 351 g/mol. The van der Waals surface area contributed by atoms with E-state index in [1.165, 1.54) is 0 Å². The van der Waals surface area contributed by atoms with Gasteiger partial charge in [-0.05, 0) is 61.7 Å². The molecule has 0 aliphatic heterocycles. The molecule has 1 heterocycles. The van der Waals surface area contributed by atoms with Gasteiger partial charge in [-0.3, -0.25) is 10.1 Å². The smallest absolute Gasteiger partial charge is 0.270 e. The number of benzene rings is 2. The number of hydrogen-bond donors (Lipinski definition) is 1. The number of amides is 1. The van der Waals surface area contributed by atoms with Gasteiger partial charge in [0.05, 0.1) is 0 Å². The second-order valence-corrected chi connectivity index (χ2v) is 6.19. The summed E-state index contributed by atoms with van der Waals surface area (Å²) < 4.78 is 11.0. The van der Waals surface area contributed by atoms with E-state index in [-0.39, 0.29) is 11.9 Å². The molecule has 1 atom stereocenters. The first-order valence-electron chi connectivity index (χ1n) is 8.39. The average Bonchev–Trinajstić information content (AvgIpc) is 3.07. The van der Waals surface area contributed by atoms with Gasteiger partial charge in [-0.1, -0.05) is 30.3 Å². The molecule has 0 fully saturated rings. The van der Waals surface area contributed by atoms with Crippen LogP contribution in [0.1, 0.15) is 23.6 Å². The summed E-state index contributed by atoms with van der Waals surface area (Å²) in [5.74, 6) is 0.815. The molecule has 134 valence electrons. The van der Waals surface area contributed by atoms with E-state index in [1.807, 2.05) is 63.2 Å². The maximum atomic E-state index is 12.4. The molecule has 0 aliphatic carbocycles. The van der Waals surface area contributed by atoms with E-state index in [2.05, 4.69) is 15.5 Å². The summed E-state index contributed by atoms with van der Waals surface area (Å²) in [6.45, 7) is 7.60. The standard InChI is InChI=1S/C20H21N3O3/c1-12-9-7-11-17(14(12)3)25-15(4)18(24)21-20-22-19(26-23-20)16-10-6-5-8-13(16)2/h5-11,15H,1-4H3,(H,21,23,24)/t15-/m0/s1. The molecule has 0 aliphatic rings. The van der Waals surface area contributed by atoms with E-state index in [4.69, 9.17) is 9.26 Å². The van der Waals surface area contributed by atoms with E-state index < -0.39 is 6.10 Å². The number of hydrogen-bond acceptors (Lipinski definition) is 5. The van der Waals surface area contributed by atoms with Crippen molar-refractivity contribution < 1.29 is 14.1 Å². The molecule has 26 heavy (non-hydrogen) atoms. The second kappa shape index (κ2) is 7.39. The fourth-order valence-corrected chi connectivity index (χ4v) is 2.50. The van der Waals surface area contributed by atoms with Crippen LogP contribution in [0.15, 0.2) is 47.0 Å². The van der Waals surface area contributed by atoms with Crippen molar-refractivity contribution in [2.24, 2.45) is 0 Å². The number of nitrogens with one attached hydrogen (secondary N) is 1. The van der Waals surface area contributed by atoms with Gasteiger partial charge in [0.2, 0.25) is 0 Å². The molecular weight excluding hydrogens is 330 g/mol. The van der Waals surface area contributed by atoms with Crippen molar-refractivity contribution in [2.75, 3.05) is 5.32 Å². The zero-order valence-electron chi connectivity index (χ0n) is 15.2. The lowest BCUT2D eigenvalue weighted by Crippen LogP contribution is -2.30. The minimum absolute atomic E-state index is 0.115. The topological polar surface area (TPSA) is 77.2 Å². The normalized spacial score (nSPS) is 11.8. The zero-order valence-corrected chi connectivity index (χ0v) is 15.2. The molecule has 0 bridgehead atoms. The van der Waals surface area contributed by atoms with Gasteiger partial charge in [0, 0.05) is 5.56 Å². The highest BCUT2D eigenvalue weighted by atomic mass is 16.5. The maximum absolute atomic E-state index is 12.4. The lowest BCUT2D eigenvalue weighted by molar-refractivity contribution is -0.122. The van der Waals surface area contributed by atoms with E-state index >= 15 is 0 Å². The minimum atomic E-state index is -0.698. The molecule has 3 aromatic rings. The molecule has 1 N–H and O–H groups in total. The Kier molecular flexibility index (Phi) is 5.02. The number of aromatic nitrogens is 2. The highest BCUT2D eigenvalue weighted by molar-refractivity contribution is 5.92. The van der Waals surface area contributed by atoms with Crippen molar-refractivity contribution >= 4 is 11.9 Å². The minimum Gasteiger partial charge on any atom is -0.481 e. The fourth-order valence-electron chi connectivity index (χ4n) is 2.50. The molecule has 6 heteroatoms. The van der Waals surface area contributed by atoms with Crippen LogP contribution >= 0.6 is 0 Å². The van der Waals surface area contributed by atoms with Gasteiger partial charge < -0.3 is 9.26 Å². The quantitative estimate of drug-likeness (QED) is 0.750. The molecule has 1 aromatic heterocycles. The van der Waals surface area contributed by atoms with Crippen LogP contribution in [0, 0.1) is 20.8 Å². The van der Waals surface area contributed by atoms with Crippen LogP contribution < -0.4 is 10.1 Å². The van der Waals surface area contributed by atoms with Gasteiger partial charge in [-0.15, -0.1) is 0 Å². The number of rotatable bonds is 5. The molecule has 1 amide bonds. The van der Waals surface area contributed by atoms with Crippen LogP contribution in [0.5, 0.6) is 5.75 Å². The van der Waals surface area contributed by atoms with Gasteiger partial charge in [0.15, 0.2) is 6.10 Å². The van der Waals surface area contributed by atoms with Crippen molar-refractivity contribution in [3.05, 3.63) is 59.2 Å². The van der Waals surface area contributed by atoms with E-state index in [0.29, 0.717) is 11.6 Å². The van der Waals surface area contributed by atoms with Crippen LogP contribution in [0.25, 0.3) is 11.5 Å². The van der Waals surface area contributed by atoms with Crippen LogP contribution in [-0.4, -0.2) is 22.2 Å². The van der Waals surface area contributed by atoms with Gasteiger partial charge in [-0.25, -0.2) is 0 Å². The Morgan fingerprint density at radius 3 is 2.58 bits per heavy atom. The number of carbonyl (C=O) groups excluding carboxylic acids is 1. The third kappa shape index (κ3) is 3.74. The number of carbonyl (C=O) groups is 1. The predicted molar refractivity (Wildman–Crippen MR) is 99.1 cm³/mol. The summed E-state index contributed by atoms with van der Waals surface area (Å²) in [4.78, 5) is 16.6. The summed E-state index contributed by atoms with van der Waals surface area (Å²) >= 11 is 0. The highest BCUT2D eigenvalue weighted by Crippen LogP contribution is 2.23. The lowest BCUT2D eigenvalue weighted by atomic mass is 10.1. The lowest BCUT2D eigenvalue weighted by Gasteiger charge is -2.16. The summed E-state index contributed by atoms with van der Waals surface area (Å²) in [5.41, 5.74) is 3.96. The van der Waals surface area contributed by atoms with Crippen LogP contribution in [0.2, 0.25) is 0 Å². The van der Waals surface area contributed by atoms with Crippen molar-refractivity contribution in [3.63, 3.8) is 0 Å². The fraction of sp³-hybridized carbons (Fsp3) is 0.250. The van der Waals surface area contributed by atoms with Gasteiger partial charge in [-0.2, -0.15) is 4.98 Å². The van der Waals surface area contributed by atoms with Crippen molar-refractivity contribution in [1.29, 1.82) is 0 Å². The Bertz CT molecular complexity index is 934. The Labute approximate surface area is 152 Å². The molecule has 6 nitrogen and oxygen atoms in total. The molecule has 0 unspecified atom stereocenters. The molecule has 0 saturated carbocycles. The van der Waals surface area contributed by atoms with Crippen LogP contribution in [0.4, 0.5) is 5.95 Å². The molecule has 0 spiro atoms. The maximum Gasteiger partial charge on any atom is 0.270 e. The first-order chi connectivity index (χ1) is 12.5. The number of aryl methyl sites for hydroxylation is 2. The predicted octanol–water partition coefficient (Wildman–Crippen LogP) is 4.07. The van der Waals surface area contributed by atoms with Crippen LogP contribution in [0.3, 0.4) is 0 Å². The zero-order chi connectivity index (χ0) is 18.7. The first-order valence-corrected chi connectivity index (χ1v) is 8.39. The summed E-state index contributed by atoms with van der Waals surface area (Å²) in [6, 6.07) is 13.4. The first kappa shape index (κ1) is 17.7. The molecular formula is C20H21N3O3. The molecule has 0 radical (unpaired) electrons. The molecule has 0 saturated heterocycles. The Hall–Kier alpha value is -3.15. The SMILES string of the molecule is Cc1ccccc1-c1nc(NC(=O)[C@H](C)Oc2cccc(C)c2C)no1. The van der Waals surface area contributed by atoms with Crippen LogP contribution in [-0.2, 0) is 4.79 Å². The van der Waals surface area contributed by atoms with Crippen molar-refractivity contribution in [3.8, 4) is 17.2 Å². The summed E-state index contributed by atoms with van der Waals surface area (Å²) in [5, 5.41) is 6.45. The summed E-state index contributed by atoms with van der Waals surface area (Å²) in [7, 11) is 0. The largest absolute Gasteiger partial charge is 0.481 e. The third-order valence-electron chi connectivity index (χ3n) is 4.26. The van der Waals surface area contributed by atoms with E-state index in [0.717, 1.165) is 22.3 Å². The number of nitrogens with zero attached hydrogens (tertiary/aromatic N) is 2. The highest BCUT2D eigenvalue weighted by Gasteiger charge is 2.19. The third-order valence-corrected chi connectivity index (χ3v) is 4.26. The monoisotopic (exact) mass is 351 g/mol. The molecule has 3 rings (SSSR count). The number of ether oxygens (including phenoxy) is 1.